The van der Waals surface area contributed by atoms with Crippen molar-refractivity contribution in [2.24, 2.45) is 0 Å². The number of amides is 1. The standard InChI is InChI=1S/C24H29NO9S/c1-30-20-11-16(12-21(31-2)22(20)32-3)23(26)25-9-8-24(14-25,7-4-10-35(27,28)29)17-5-6-18-19(13-17)34-15-33-18/h5-6,11-13H,4,7-10,14-15H2,1-3H3,(H,27,28,29). The van der Waals surface area contributed by atoms with Gasteiger partial charge in [-0.15, -0.1) is 0 Å². The smallest absolute Gasteiger partial charge is 0.264 e. The van der Waals surface area contributed by atoms with E-state index in [4.69, 9.17) is 23.7 Å². The number of fused-ring (bicyclic) bond motifs is 1. The number of benzene rings is 2. The molecule has 1 N–H and O–H groups in total. The summed E-state index contributed by atoms with van der Waals surface area (Å²) in [5.74, 6) is 1.86. The first-order valence-corrected chi connectivity index (χ1v) is 12.8. The van der Waals surface area contributed by atoms with Crippen molar-refractivity contribution in [1.82, 2.24) is 4.90 Å². The fourth-order valence-electron chi connectivity index (χ4n) is 4.84. The molecule has 10 nitrogen and oxygen atoms in total. The van der Waals surface area contributed by atoms with Crippen molar-refractivity contribution in [2.75, 3.05) is 47.0 Å². The van der Waals surface area contributed by atoms with Crippen molar-refractivity contribution in [3.63, 3.8) is 0 Å². The third-order valence-electron chi connectivity index (χ3n) is 6.60. The Morgan fingerprint density at radius 1 is 1.06 bits per heavy atom. The summed E-state index contributed by atoms with van der Waals surface area (Å²) in [6.07, 6.45) is 1.33. The van der Waals surface area contributed by atoms with E-state index in [0.717, 1.165) is 5.56 Å². The van der Waals surface area contributed by atoms with Crippen LogP contribution in [0.3, 0.4) is 0 Å². The Morgan fingerprint density at radius 3 is 2.37 bits per heavy atom. The van der Waals surface area contributed by atoms with Gasteiger partial charge in [0.25, 0.3) is 16.0 Å². The molecule has 1 fully saturated rings. The summed E-state index contributed by atoms with van der Waals surface area (Å²) in [5.41, 5.74) is 0.804. The molecule has 1 amide bonds. The monoisotopic (exact) mass is 507 g/mol. The van der Waals surface area contributed by atoms with E-state index in [-0.39, 0.29) is 24.9 Å². The zero-order valence-electron chi connectivity index (χ0n) is 19.9. The Kier molecular flexibility index (Phi) is 7.00. The lowest BCUT2D eigenvalue weighted by atomic mass is 9.76. The highest BCUT2D eigenvalue weighted by Crippen LogP contribution is 2.44. The lowest BCUT2D eigenvalue weighted by Crippen LogP contribution is -2.35. The lowest BCUT2D eigenvalue weighted by molar-refractivity contribution is 0.0781. The maximum Gasteiger partial charge on any atom is 0.264 e. The molecular weight excluding hydrogens is 478 g/mol. The van der Waals surface area contributed by atoms with Crippen molar-refractivity contribution in [3.8, 4) is 28.7 Å². The average molecular weight is 508 g/mol. The number of likely N-dealkylation sites (tertiary alicyclic amines) is 1. The maximum absolute atomic E-state index is 13.5. The molecule has 0 aliphatic carbocycles. The molecule has 4 rings (SSSR count). The van der Waals surface area contributed by atoms with E-state index in [2.05, 4.69) is 0 Å². The summed E-state index contributed by atoms with van der Waals surface area (Å²) in [7, 11) is 0.375. The Hall–Kier alpha value is -3.18. The molecule has 2 aliphatic heterocycles. The first-order valence-electron chi connectivity index (χ1n) is 11.1. The Bertz CT molecular complexity index is 1190. The molecule has 190 valence electrons. The van der Waals surface area contributed by atoms with Crippen LogP contribution in [0.4, 0.5) is 0 Å². The molecule has 2 aromatic rings. The van der Waals surface area contributed by atoms with Crippen LogP contribution in [0.5, 0.6) is 28.7 Å². The highest BCUT2D eigenvalue weighted by atomic mass is 32.2. The van der Waals surface area contributed by atoms with Gasteiger partial charge in [0.2, 0.25) is 12.5 Å². The van der Waals surface area contributed by atoms with E-state index in [9.17, 15) is 17.8 Å². The quantitative estimate of drug-likeness (QED) is 0.511. The minimum atomic E-state index is -4.09. The number of ether oxygens (including phenoxy) is 5. The second kappa shape index (κ2) is 9.82. The van der Waals surface area contributed by atoms with Crippen molar-refractivity contribution in [1.29, 1.82) is 0 Å². The number of hydrogen-bond acceptors (Lipinski definition) is 8. The first-order chi connectivity index (χ1) is 16.7. The van der Waals surface area contributed by atoms with Crippen molar-refractivity contribution in [3.05, 3.63) is 41.5 Å². The molecule has 0 saturated carbocycles. The molecule has 0 spiro atoms. The van der Waals surface area contributed by atoms with Crippen LogP contribution in [-0.4, -0.2) is 70.7 Å². The van der Waals surface area contributed by atoms with Gasteiger partial charge in [0, 0.05) is 24.1 Å². The summed E-state index contributed by atoms with van der Waals surface area (Å²) in [5, 5.41) is 0. The van der Waals surface area contributed by atoms with Gasteiger partial charge in [-0.2, -0.15) is 8.42 Å². The van der Waals surface area contributed by atoms with Crippen LogP contribution in [0.2, 0.25) is 0 Å². The number of rotatable bonds is 9. The van der Waals surface area contributed by atoms with Gasteiger partial charge in [0.15, 0.2) is 23.0 Å². The number of nitrogens with zero attached hydrogens (tertiary/aromatic N) is 1. The van der Waals surface area contributed by atoms with Gasteiger partial charge in [0.1, 0.15) is 0 Å². The molecule has 0 radical (unpaired) electrons. The van der Waals surface area contributed by atoms with Crippen LogP contribution in [0.25, 0.3) is 0 Å². The third kappa shape index (κ3) is 5.10. The molecule has 11 heteroatoms. The van der Waals surface area contributed by atoms with Gasteiger partial charge >= 0.3 is 0 Å². The van der Waals surface area contributed by atoms with Crippen molar-refractivity contribution >= 4 is 16.0 Å². The zero-order chi connectivity index (χ0) is 25.2. The summed E-state index contributed by atoms with van der Waals surface area (Å²) in [6.45, 7) is 0.976. The predicted molar refractivity (Wildman–Crippen MR) is 127 cm³/mol. The highest BCUT2D eigenvalue weighted by molar-refractivity contribution is 7.85. The molecule has 1 atom stereocenters. The van der Waals surface area contributed by atoms with Crippen LogP contribution >= 0.6 is 0 Å². The minimum absolute atomic E-state index is 0.139. The van der Waals surface area contributed by atoms with E-state index in [1.165, 1.54) is 21.3 Å². The van der Waals surface area contributed by atoms with E-state index >= 15 is 0 Å². The number of carbonyl (C=O) groups excluding carboxylic acids is 1. The zero-order valence-corrected chi connectivity index (χ0v) is 20.7. The molecule has 2 aromatic carbocycles. The van der Waals surface area contributed by atoms with Crippen LogP contribution in [-0.2, 0) is 15.5 Å². The van der Waals surface area contributed by atoms with Crippen LogP contribution in [0.1, 0.15) is 35.2 Å². The third-order valence-corrected chi connectivity index (χ3v) is 7.40. The van der Waals surface area contributed by atoms with Gasteiger partial charge in [-0.05, 0) is 49.1 Å². The van der Waals surface area contributed by atoms with Gasteiger partial charge in [-0.3, -0.25) is 9.35 Å². The summed E-state index contributed by atoms with van der Waals surface area (Å²) < 4.78 is 59.0. The van der Waals surface area contributed by atoms with Crippen molar-refractivity contribution < 1.29 is 41.4 Å². The van der Waals surface area contributed by atoms with Gasteiger partial charge in [0.05, 0.1) is 27.1 Å². The molecule has 1 unspecified atom stereocenters. The molecule has 35 heavy (non-hydrogen) atoms. The van der Waals surface area contributed by atoms with Gasteiger partial charge in [-0.25, -0.2) is 0 Å². The number of hydrogen-bond donors (Lipinski definition) is 1. The van der Waals surface area contributed by atoms with Crippen molar-refractivity contribution in [2.45, 2.75) is 24.7 Å². The summed E-state index contributed by atoms with van der Waals surface area (Å²) in [4.78, 5) is 15.3. The SMILES string of the molecule is COc1cc(C(=O)N2CCC(CCCS(=O)(=O)O)(c3ccc4c(c3)OCO4)C2)cc(OC)c1OC. The molecule has 0 bridgehead atoms. The van der Waals surface area contributed by atoms with Gasteiger partial charge < -0.3 is 28.6 Å². The molecule has 1 saturated heterocycles. The summed E-state index contributed by atoms with van der Waals surface area (Å²) >= 11 is 0. The Morgan fingerprint density at radius 2 is 1.74 bits per heavy atom. The second-order valence-corrected chi connectivity index (χ2v) is 10.2. The van der Waals surface area contributed by atoms with Gasteiger partial charge in [-0.1, -0.05) is 6.07 Å². The fraction of sp³-hybridized carbons (Fsp3) is 0.458. The van der Waals surface area contributed by atoms with Crippen LogP contribution in [0, 0.1) is 0 Å². The van der Waals surface area contributed by atoms with E-state index in [1.807, 2.05) is 18.2 Å². The molecule has 2 heterocycles. The largest absolute Gasteiger partial charge is 0.493 e. The second-order valence-electron chi connectivity index (χ2n) is 8.63. The lowest BCUT2D eigenvalue weighted by Gasteiger charge is -2.30. The highest BCUT2D eigenvalue weighted by Gasteiger charge is 2.42. The average Bonchev–Trinajstić information content (AvgIpc) is 3.49. The predicted octanol–water partition coefficient (Wildman–Crippen LogP) is 2.89. The fourth-order valence-corrected chi connectivity index (χ4v) is 5.35. The van der Waals surface area contributed by atoms with E-state index in [1.54, 1.807) is 17.0 Å². The number of carbonyl (C=O) groups is 1. The maximum atomic E-state index is 13.5. The Labute approximate surface area is 204 Å². The minimum Gasteiger partial charge on any atom is -0.493 e. The number of methoxy groups -OCH3 is 3. The normalized spacial score (nSPS) is 19.0. The van der Waals surface area contributed by atoms with E-state index in [0.29, 0.717) is 60.2 Å². The van der Waals surface area contributed by atoms with Crippen LogP contribution in [0.15, 0.2) is 30.3 Å². The van der Waals surface area contributed by atoms with Crippen LogP contribution < -0.4 is 23.7 Å². The summed E-state index contributed by atoms with van der Waals surface area (Å²) in [6, 6.07) is 8.87. The first kappa shape index (κ1) is 24.9. The topological polar surface area (TPSA) is 121 Å². The van der Waals surface area contributed by atoms with E-state index < -0.39 is 15.5 Å². The molecule has 2 aliphatic rings. The molecular formula is C24H29NO9S. The molecule has 0 aromatic heterocycles. The Balaban J connectivity index is 1.63.